The summed E-state index contributed by atoms with van der Waals surface area (Å²) in [5.74, 6) is -0.965. The fourth-order valence-electron chi connectivity index (χ4n) is 8.16. The number of ether oxygens (including phenoxy) is 4. The lowest BCUT2D eigenvalue weighted by molar-refractivity contribution is -0.299. The standard InChI is InChI=1S/C51H97NO10/c1-4-7-10-13-16-19-22-25-28-31-34-37-45(53)52-40-44-48(56)49(57)50(58)51(62-44)60-42-43(61-47(55)39-36-33-30-27-24-21-18-15-12-9-6-3)41-59-46(54)38-35-32-29-26-23-20-17-14-11-8-5-2/h43-44,48-51,56-58H,4-42H2,1-3H3,(H,52,53)/t43-,44-,48-,49+,50-,51+/m1/s1. The molecule has 6 atom stereocenters. The van der Waals surface area contributed by atoms with Crippen LogP contribution in [0.15, 0.2) is 0 Å². The fourth-order valence-corrected chi connectivity index (χ4v) is 8.16. The van der Waals surface area contributed by atoms with Crippen molar-refractivity contribution in [1.82, 2.24) is 5.32 Å². The van der Waals surface area contributed by atoms with E-state index in [1.165, 1.54) is 148 Å². The average molecular weight is 884 g/mol. The van der Waals surface area contributed by atoms with Crippen LogP contribution in [0.1, 0.15) is 252 Å². The van der Waals surface area contributed by atoms with Crippen LogP contribution >= 0.6 is 0 Å². The van der Waals surface area contributed by atoms with Crippen molar-refractivity contribution in [2.75, 3.05) is 19.8 Å². The fraction of sp³-hybridized carbons (Fsp3) is 0.941. The predicted octanol–water partition coefficient (Wildman–Crippen LogP) is 11.5. The lowest BCUT2D eigenvalue weighted by Crippen LogP contribution is -2.60. The Morgan fingerprint density at radius 1 is 0.468 bits per heavy atom. The van der Waals surface area contributed by atoms with E-state index in [1.54, 1.807) is 0 Å². The Labute approximate surface area is 379 Å². The van der Waals surface area contributed by atoms with Gasteiger partial charge in [0.2, 0.25) is 5.91 Å². The van der Waals surface area contributed by atoms with E-state index in [0.29, 0.717) is 12.8 Å². The monoisotopic (exact) mass is 884 g/mol. The van der Waals surface area contributed by atoms with Crippen molar-refractivity contribution in [1.29, 1.82) is 0 Å². The Kier molecular flexibility index (Phi) is 39.3. The van der Waals surface area contributed by atoms with Gasteiger partial charge in [-0.05, 0) is 19.3 Å². The van der Waals surface area contributed by atoms with Gasteiger partial charge in [0.25, 0.3) is 0 Å². The summed E-state index contributed by atoms with van der Waals surface area (Å²) in [5, 5.41) is 34.9. The largest absolute Gasteiger partial charge is 0.462 e. The molecule has 0 spiro atoms. The van der Waals surface area contributed by atoms with Gasteiger partial charge in [0.15, 0.2) is 12.4 Å². The molecule has 1 fully saturated rings. The summed E-state index contributed by atoms with van der Waals surface area (Å²) in [6.07, 6.45) is 31.7. The van der Waals surface area contributed by atoms with E-state index in [1.807, 2.05) is 0 Å². The van der Waals surface area contributed by atoms with Crippen LogP contribution in [-0.2, 0) is 33.3 Å². The Balaban J connectivity index is 2.55. The molecule has 0 radical (unpaired) electrons. The van der Waals surface area contributed by atoms with E-state index in [0.717, 1.165) is 57.8 Å². The molecule has 62 heavy (non-hydrogen) atoms. The Hall–Kier alpha value is -1.79. The molecule has 1 rings (SSSR count). The van der Waals surface area contributed by atoms with Crippen LogP contribution in [0.4, 0.5) is 0 Å². The molecule has 0 bridgehead atoms. The third-order valence-corrected chi connectivity index (χ3v) is 12.3. The second kappa shape index (κ2) is 41.9. The van der Waals surface area contributed by atoms with Crippen molar-refractivity contribution in [3.8, 4) is 0 Å². The van der Waals surface area contributed by atoms with Crippen molar-refractivity contribution in [2.45, 2.75) is 289 Å². The topological polar surface area (TPSA) is 161 Å². The van der Waals surface area contributed by atoms with Gasteiger partial charge in [-0.1, -0.05) is 213 Å². The van der Waals surface area contributed by atoms with Gasteiger partial charge < -0.3 is 39.6 Å². The Morgan fingerprint density at radius 3 is 1.26 bits per heavy atom. The molecule has 1 aliphatic heterocycles. The van der Waals surface area contributed by atoms with E-state index in [-0.39, 0.29) is 44.5 Å². The molecule has 0 aliphatic carbocycles. The van der Waals surface area contributed by atoms with Crippen LogP contribution < -0.4 is 5.32 Å². The summed E-state index contributed by atoms with van der Waals surface area (Å²) in [7, 11) is 0. The second-order valence-electron chi connectivity index (χ2n) is 18.3. The van der Waals surface area contributed by atoms with Crippen molar-refractivity contribution in [3.05, 3.63) is 0 Å². The second-order valence-corrected chi connectivity index (χ2v) is 18.3. The molecular formula is C51H97NO10. The van der Waals surface area contributed by atoms with Gasteiger partial charge in [0.05, 0.1) is 6.61 Å². The lowest BCUT2D eigenvalue weighted by Gasteiger charge is -2.40. The first-order valence-electron chi connectivity index (χ1n) is 26.2. The van der Waals surface area contributed by atoms with Crippen LogP contribution in [0, 0.1) is 0 Å². The molecule has 1 heterocycles. The highest BCUT2D eigenvalue weighted by Gasteiger charge is 2.44. The number of hydrogen-bond acceptors (Lipinski definition) is 10. The van der Waals surface area contributed by atoms with Crippen molar-refractivity contribution < 1.29 is 48.7 Å². The SMILES string of the molecule is CCCCCCCCCCCCCC(=O)NC[C@H]1O[C@H](OC[C@@H](COC(=O)CCCCCCCCCCCCC)OC(=O)CCCCCCCCCCCCC)[C@H](O)[C@@H](O)[C@@H]1O. The van der Waals surface area contributed by atoms with Crippen molar-refractivity contribution in [3.63, 3.8) is 0 Å². The first-order valence-corrected chi connectivity index (χ1v) is 26.2. The molecule has 0 saturated carbocycles. The Morgan fingerprint density at radius 2 is 0.839 bits per heavy atom. The minimum atomic E-state index is -1.59. The lowest BCUT2D eigenvalue weighted by atomic mass is 9.98. The van der Waals surface area contributed by atoms with Gasteiger partial charge in [0.1, 0.15) is 31.0 Å². The number of nitrogens with one attached hydrogen (secondary N) is 1. The van der Waals surface area contributed by atoms with E-state index < -0.39 is 42.8 Å². The average Bonchev–Trinajstić information content (AvgIpc) is 3.26. The summed E-state index contributed by atoms with van der Waals surface area (Å²) in [4.78, 5) is 38.2. The smallest absolute Gasteiger partial charge is 0.306 e. The van der Waals surface area contributed by atoms with Crippen LogP contribution in [0.2, 0.25) is 0 Å². The molecule has 1 aliphatic rings. The third kappa shape index (κ3) is 32.8. The summed E-state index contributed by atoms with van der Waals surface area (Å²) >= 11 is 0. The molecule has 11 nitrogen and oxygen atoms in total. The molecule has 4 N–H and O–H groups in total. The van der Waals surface area contributed by atoms with Gasteiger partial charge in [-0.25, -0.2) is 0 Å². The number of carbonyl (C=O) groups excluding carboxylic acids is 3. The van der Waals surface area contributed by atoms with E-state index >= 15 is 0 Å². The first kappa shape index (κ1) is 58.2. The van der Waals surface area contributed by atoms with E-state index in [9.17, 15) is 29.7 Å². The zero-order valence-electron chi connectivity index (χ0n) is 40.2. The zero-order valence-corrected chi connectivity index (χ0v) is 40.2. The van der Waals surface area contributed by atoms with Crippen LogP contribution in [-0.4, -0.2) is 89.7 Å². The minimum absolute atomic E-state index is 0.0737. The summed E-state index contributed by atoms with van der Waals surface area (Å²) < 4.78 is 23.0. The summed E-state index contributed by atoms with van der Waals surface area (Å²) in [6.45, 7) is 6.14. The van der Waals surface area contributed by atoms with Crippen LogP contribution in [0.25, 0.3) is 0 Å². The van der Waals surface area contributed by atoms with Crippen LogP contribution in [0.3, 0.4) is 0 Å². The molecule has 0 unspecified atom stereocenters. The highest BCUT2D eigenvalue weighted by molar-refractivity contribution is 5.75. The number of aliphatic hydroxyl groups excluding tert-OH is 3. The van der Waals surface area contributed by atoms with Gasteiger partial charge >= 0.3 is 11.9 Å². The van der Waals surface area contributed by atoms with E-state index in [2.05, 4.69) is 26.1 Å². The molecule has 366 valence electrons. The highest BCUT2D eigenvalue weighted by Crippen LogP contribution is 2.23. The minimum Gasteiger partial charge on any atom is -0.462 e. The number of unbranched alkanes of at least 4 members (excludes halogenated alkanes) is 30. The number of esters is 2. The van der Waals surface area contributed by atoms with Gasteiger partial charge in [0, 0.05) is 25.8 Å². The molecule has 1 amide bonds. The number of hydrogen-bond donors (Lipinski definition) is 4. The molecule has 0 aromatic rings. The summed E-state index contributed by atoms with van der Waals surface area (Å²) in [6, 6.07) is 0. The van der Waals surface area contributed by atoms with Gasteiger partial charge in [-0.15, -0.1) is 0 Å². The molecule has 11 heteroatoms. The Bertz CT molecular complexity index is 1050. The molecular weight excluding hydrogens is 787 g/mol. The highest BCUT2D eigenvalue weighted by atomic mass is 16.7. The molecule has 0 aromatic carbocycles. The third-order valence-electron chi connectivity index (χ3n) is 12.3. The molecule has 0 aromatic heterocycles. The number of carbonyl (C=O) groups is 3. The number of rotatable bonds is 44. The zero-order chi connectivity index (χ0) is 45.3. The quantitative estimate of drug-likeness (QED) is 0.0342. The van der Waals surface area contributed by atoms with Crippen molar-refractivity contribution >= 4 is 17.8 Å². The molecule has 1 saturated heterocycles. The first-order chi connectivity index (χ1) is 30.2. The predicted molar refractivity (Wildman–Crippen MR) is 250 cm³/mol. The number of amides is 1. The summed E-state index contributed by atoms with van der Waals surface area (Å²) in [5.41, 5.74) is 0. The van der Waals surface area contributed by atoms with E-state index in [4.69, 9.17) is 18.9 Å². The number of aliphatic hydroxyl groups is 3. The van der Waals surface area contributed by atoms with Gasteiger partial charge in [-0.2, -0.15) is 0 Å². The maximum Gasteiger partial charge on any atom is 0.306 e. The van der Waals surface area contributed by atoms with Crippen LogP contribution in [0.5, 0.6) is 0 Å². The van der Waals surface area contributed by atoms with Gasteiger partial charge in [-0.3, -0.25) is 14.4 Å². The normalized spacial score (nSPS) is 19.4. The van der Waals surface area contributed by atoms with Crippen molar-refractivity contribution in [2.24, 2.45) is 0 Å². The maximum atomic E-state index is 12.9. The maximum absolute atomic E-state index is 12.9.